The molecule has 1 saturated heterocycles. The number of carboxylic acid groups (broad SMARTS) is 1. The highest BCUT2D eigenvalue weighted by Gasteiger charge is 2.23. The fourth-order valence-corrected chi connectivity index (χ4v) is 1.84. The van der Waals surface area contributed by atoms with Gasteiger partial charge in [-0.3, -0.25) is 14.3 Å². The maximum atomic E-state index is 10.7. The molecule has 0 aromatic heterocycles. The number of carbonyl (C=O) groups is 1. The monoisotopic (exact) mass is 250 g/mol. The van der Waals surface area contributed by atoms with Crippen molar-refractivity contribution in [1.29, 1.82) is 0 Å². The molecule has 0 aromatic carbocycles. The first-order valence-corrected chi connectivity index (χ1v) is 6.48. The Bertz CT molecular complexity index is 326. The van der Waals surface area contributed by atoms with Gasteiger partial charge >= 0.3 is 13.6 Å². The molecule has 0 radical (unpaired) electrons. The summed E-state index contributed by atoms with van der Waals surface area (Å²) in [4.78, 5) is 29.7. The third kappa shape index (κ3) is 4.87. The minimum absolute atomic E-state index is 0.334. The largest absolute Gasteiger partial charge is 0.480 e. The first kappa shape index (κ1) is 13.3. The molecule has 7 nitrogen and oxygen atoms in total. The molecule has 1 atom stereocenters. The minimum atomic E-state index is -4.11. The summed E-state index contributed by atoms with van der Waals surface area (Å²) >= 11 is 0. The second-order valence-electron chi connectivity index (χ2n) is 3.58. The van der Waals surface area contributed by atoms with E-state index in [1.165, 1.54) is 6.08 Å². The van der Waals surface area contributed by atoms with Gasteiger partial charge in [0.2, 0.25) is 0 Å². The summed E-state index contributed by atoms with van der Waals surface area (Å²) in [6, 6.07) is -0.614. The van der Waals surface area contributed by atoms with Crippen molar-refractivity contribution >= 4 is 13.6 Å². The number of rotatable bonds is 4. The molecule has 1 aliphatic rings. The zero-order valence-corrected chi connectivity index (χ0v) is 9.51. The highest BCUT2D eigenvalue weighted by atomic mass is 31.2. The van der Waals surface area contributed by atoms with Crippen LogP contribution in [0.4, 0.5) is 0 Å². The van der Waals surface area contributed by atoms with E-state index in [2.05, 4.69) is 5.32 Å². The van der Waals surface area contributed by atoms with Crippen LogP contribution in [-0.4, -0.2) is 58.0 Å². The van der Waals surface area contributed by atoms with E-state index >= 15 is 0 Å². The Morgan fingerprint density at radius 3 is 2.81 bits per heavy atom. The summed E-state index contributed by atoms with van der Waals surface area (Å²) in [5.74, 6) is -0.0752. The van der Waals surface area contributed by atoms with Gasteiger partial charge in [0, 0.05) is 32.0 Å². The van der Waals surface area contributed by atoms with Crippen LogP contribution >= 0.6 is 7.60 Å². The van der Waals surface area contributed by atoms with Gasteiger partial charge in [-0.25, -0.2) is 0 Å². The average molecular weight is 250 g/mol. The summed E-state index contributed by atoms with van der Waals surface area (Å²) < 4.78 is 10.5. The highest BCUT2D eigenvalue weighted by molar-refractivity contribution is 7.55. The quantitative estimate of drug-likeness (QED) is 0.475. The molecule has 1 heterocycles. The van der Waals surface area contributed by atoms with Gasteiger partial charge in [-0.05, 0) is 0 Å². The Morgan fingerprint density at radius 2 is 2.25 bits per heavy atom. The lowest BCUT2D eigenvalue weighted by molar-refractivity contribution is -0.140. The van der Waals surface area contributed by atoms with E-state index in [-0.39, 0.29) is 0 Å². The predicted octanol–water partition coefficient (Wildman–Crippen LogP) is -0.964. The van der Waals surface area contributed by atoms with Gasteiger partial charge in [0.05, 0.1) is 0 Å². The molecule has 0 spiro atoms. The fourth-order valence-electron chi connectivity index (χ4n) is 1.48. The van der Waals surface area contributed by atoms with Crippen molar-refractivity contribution in [2.24, 2.45) is 0 Å². The Kier molecular flexibility index (Phi) is 4.64. The van der Waals surface area contributed by atoms with Crippen LogP contribution in [-0.2, 0) is 9.36 Å². The van der Waals surface area contributed by atoms with E-state index in [1.54, 1.807) is 0 Å². The lowest BCUT2D eigenvalue weighted by Gasteiger charge is -2.30. The second-order valence-corrected chi connectivity index (χ2v) is 5.05. The Morgan fingerprint density at radius 1 is 1.56 bits per heavy atom. The minimum Gasteiger partial charge on any atom is -0.480 e. The average Bonchev–Trinajstić information content (AvgIpc) is 2.16. The summed E-state index contributed by atoms with van der Waals surface area (Å²) in [7, 11) is -4.11. The van der Waals surface area contributed by atoms with Gasteiger partial charge in [-0.1, -0.05) is 6.08 Å². The molecule has 0 saturated carbocycles. The molecule has 0 aliphatic carbocycles. The number of hydrogen-bond donors (Lipinski definition) is 4. The van der Waals surface area contributed by atoms with Gasteiger partial charge in [0.15, 0.2) is 0 Å². The number of aliphatic carboxylic acids is 1. The molecule has 1 rings (SSSR count). The van der Waals surface area contributed by atoms with Crippen LogP contribution in [0.2, 0.25) is 0 Å². The highest BCUT2D eigenvalue weighted by Crippen LogP contribution is 2.35. The number of hydrogen-bond acceptors (Lipinski definition) is 4. The summed E-state index contributed by atoms with van der Waals surface area (Å²) in [5, 5.41) is 11.6. The van der Waals surface area contributed by atoms with Gasteiger partial charge in [-0.15, -0.1) is 0 Å². The standard InChI is InChI=1S/C8H15N2O5P/c11-8(12)7-6-10(4-2-9-7)3-1-5-16(13,14)15/h1,5,7,9H,2-4,6H2,(H,11,12)(H2,13,14,15)/b5-1-/t7-/m1/s1. The van der Waals surface area contributed by atoms with Gasteiger partial charge in [-0.2, -0.15) is 0 Å². The van der Waals surface area contributed by atoms with Crippen LogP contribution in [0.25, 0.3) is 0 Å². The number of carboxylic acids is 1. The van der Waals surface area contributed by atoms with Crippen LogP contribution in [0.1, 0.15) is 0 Å². The predicted molar refractivity (Wildman–Crippen MR) is 57.1 cm³/mol. The molecule has 0 amide bonds. The van der Waals surface area contributed by atoms with Crippen molar-refractivity contribution < 1.29 is 24.3 Å². The molecular weight excluding hydrogens is 235 g/mol. The fraction of sp³-hybridized carbons (Fsp3) is 0.625. The SMILES string of the molecule is O=C(O)[C@H]1CN(C/C=C\P(=O)(O)O)CCN1. The maximum absolute atomic E-state index is 10.7. The summed E-state index contributed by atoms with van der Waals surface area (Å²) in [5.41, 5.74) is 0. The van der Waals surface area contributed by atoms with Crippen LogP contribution in [0.5, 0.6) is 0 Å². The third-order valence-corrected chi connectivity index (χ3v) is 2.82. The molecule has 1 aliphatic heterocycles. The van der Waals surface area contributed by atoms with Crippen molar-refractivity contribution in [1.82, 2.24) is 10.2 Å². The third-order valence-electron chi connectivity index (χ3n) is 2.22. The molecule has 0 unspecified atom stereocenters. The van der Waals surface area contributed by atoms with E-state index in [0.29, 0.717) is 26.2 Å². The summed E-state index contributed by atoms with van der Waals surface area (Å²) in [6.07, 6.45) is 1.37. The van der Waals surface area contributed by atoms with E-state index < -0.39 is 19.6 Å². The van der Waals surface area contributed by atoms with Crippen LogP contribution in [0, 0.1) is 0 Å². The second kappa shape index (κ2) is 5.56. The van der Waals surface area contributed by atoms with E-state index in [0.717, 1.165) is 5.82 Å². The molecular formula is C8H15N2O5P. The molecule has 8 heteroatoms. The number of piperazine rings is 1. The first-order chi connectivity index (χ1) is 7.38. The smallest absolute Gasteiger partial charge is 0.348 e. The zero-order valence-electron chi connectivity index (χ0n) is 8.61. The van der Waals surface area contributed by atoms with Crippen LogP contribution in [0.15, 0.2) is 11.9 Å². The van der Waals surface area contributed by atoms with E-state index in [9.17, 15) is 9.36 Å². The zero-order chi connectivity index (χ0) is 12.2. The molecule has 92 valence electrons. The van der Waals surface area contributed by atoms with Crippen molar-refractivity contribution in [3.05, 3.63) is 11.9 Å². The van der Waals surface area contributed by atoms with Gasteiger partial charge in [0.25, 0.3) is 0 Å². The molecule has 0 bridgehead atoms. The van der Waals surface area contributed by atoms with Crippen LogP contribution in [0.3, 0.4) is 0 Å². The number of nitrogens with zero attached hydrogens (tertiary/aromatic N) is 1. The Labute approximate surface area is 92.9 Å². The normalized spacial score (nSPS) is 23.8. The van der Waals surface area contributed by atoms with Crippen molar-refractivity contribution in [3.63, 3.8) is 0 Å². The van der Waals surface area contributed by atoms with E-state index in [1.807, 2.05) is 4.90 Å². The lowest BCUT2D eigenvalue weighted by Crippen LogP contribution is -2.54. The number of nitrogens with one attached hydrogen (secondary N) is 1. The van der Waals surface area contributed by atoms with Crippen molar-refractivity contribution in [2.75, 3.05) is 26.2 Å². The molecule has 4 N–H and O–H groups in total. The first-order valence-electron chi connectivity index (χ1n) is 4.80. The van der Waals surface area contributed by atoms with Crippen molar-refractivity contribution in [3.8, 4) is 0 Å². The van der Waals surface area contributed by atoms with Gasteiger partial charge in [0.1, 0.15) is 6.04 Å². The Balaban J connectivity index is 2.41. The lowest BCUT2D eigenvalue weighted by atomic mass is 10.2. The van der Waals surface area contributed by atoms with Crippen molar-refractivity contribution in [2.45, 2.75) is 6.04 Å². The maximum Gasteiger partial charge on any atom is 0.348 e. The molecule has 1 fully saturated rings. The molecule has 16 heavy (non-hydrogen) atoms. The Hall–Kier alpha value is -0.720. The molecule has 0 aromatic rings. The summed E-state index contributed by atoms with van der Waals surface area (Å²) in [6.45, 7) is 1.90. The van der Waals surface area contributed by atoms with Crippen LogP contribution < -0.4 is 5.32 Å². The van der Waals surface area contributed by atoms with Gasteiger partial charge < -0.3 is 20.2 Å². The topological polar surface area (TPSA) is 110 Å². The van der Waals surface area contributed by atoms with E-state index in [4.69, 9.17) is 14.9 Å².